The Balaban J connectivity index is 2.81. The van der Waals surface area contributed by atoms with Crippen molar-refractivity contribution in [2.75, 3.05) is 6.61 Å². The summed E-state index contributed by atoms with van der Waals surface area (Å²) < 4.78 is 4.80. The van der Waals surface area contributed by atoms with Crippen LogP contribution in [0.25, 0.3) is 0 Å². The van der Waals surface area contributed by atoms with E-state index in [9.17, 15) is 9.59 Å². The van der Waals surface area contributed by atoms with Crippen molar-refractivity contribution in [2.24, 2.45) is 5.41 Å². The maximum absolute atomic E-state index is 12.0. The highest BCUT2D eigenvalue weighted by Crippen LogP contribution is 2.37. The number of rotatable bonds is 4. The maximum atomic E-state index is 12.0. The summed E-state index contributed by atoms with van der Waals surface area (Å²) in [5.41, 5.74) is -0.639. The van der Waals surface area contributed by atoms with Gasteiger partial charge in [-0.1, -0.05) is 12.5 Å². The number of Topliss-reactive ketones (excluding diaryl/α,β-unsaturated/α-hetero) is 1. The number of esters is 1. The lowest BCUT2D eigenvalue weighted by atomic mass is 9.71. The first-order valence-electron chi connectivity index (χ1n) is 5.97. The molecule has 0 saturated heterocycles. The molecule has 1 aliphatic rings. The maximum Gasteiger partial charge on any atom is 0.330 e. The molecule has 0 N–H and O–H groups in total. The highest BCUT2D eigenvalue weighted by molar-refractivity contribution is 5.90. The summed E-state index contributed by atoms with van der Waals surface area (Å²) in [6.45, 7) is 2.08. The zero-order valence-electron chi connectivity index (χ0n) is 10.2. The Hall–Kier alpha value is -1.56. The van der Waals surface area contributed by atoms with Crippen LogP contribution in [0.4, 0.5) is 0 Å². The van der Waals surface area contributed by atoms with E-state index in [1.165, 1.54) is 6.08 Å². The minimum atomic E-state index is -0.639. The lowest BCUT2D eigenvalue weighted by Gasteiger charge is -2.31. The highest BCUT2D eigenvalue weighted by Gasteiger charge is 2.36. The minimum Gasteiger partial charge on any atom is -0.463 e. The molecule has 1 rings (SSSR count). The van der Waals surface area contributed by atoms with Gasteiger partial charge in [0.15, 0.2) is 0 Å². The van der Waals surface area contributed by atoms with Crippen LogP contribution in [0.1, 0.15) is 39.0 Å². The lowest BCUT2D eigenvalue weighted by molar-refractivity contribution is -0.137. The Morgan fingerprint density at radius 1 is 1.59 bits per heavy atom. The van der Waals surface area contributed by atoms with Gasteiger partial charge in [-0.15, -0.1) is 12.3 Å². The van der Waals surface area contributed by atoms with Crippen LogP contribution in [0.3, 0.4) is 0 Å². The molecule has 17 heavy (non-hydrogen) atoms. The quantitative estimate of drug-likeness (QED) is 0.426. The number of carbonyl (C=O) groups excluding carboxylic acids is 2. The second-order valence-electron chi connectivity index (χ2n) is 4.25. The fourth-order valence-corrected chi connectivity index (χ4v) is 2.14. The molecule has 0 aliphatic heterocycles. The summed E-state index contributed by atoms with van der Waals surface area (Å²) >= 11 is 0. The van der Waals surface area contributed by atoms with Gasteiger partial charge in [0.25, 0.3) is 0 Å². The molecular weight excluding hydrogens is 216 g/mol. The van der Waals surface area contributed by atoms with E-state index in [1.54, 1.807) is 13.0 Å². The van der Waals surface area contributed by atoms with Crippen LogP contribution >= 0.6 is 0 Å². The first kappa shape index (κ1) is 13.5. The van der Waals surface area contributed by atoms with Crippen molar-refractivity contribution >= 4 is 11.8 Å². The van der Waals surface area contributed by atoms with Crippen molar-refractivity contribution in [3.05, 3.63) is 12.2 Å². The first-order chi connectivity index (χ1) is 8.14. The highest BCUT2D eigenvalue weighted by atomic mass is 16.5. The molecule has 1 saturated carbocycles. The van der Waals surface area contributed by atoms with E-state index in [2.05, 4.69) is 5.92 Å². The van der Waals surface area contributed by atoms with Crippen molar-refractivity contribution < 1.29 is 14.3 Å². The second kappa shape index (κ2) is 6.24. The third-order valence-corrected chi connectivity index (χ3v) is 3.07. The zero-order valence-corrected chi connectivity index (χ0v) is 10.2. The van der Waals surface area contributed by atoms with E-state index in [-0.39, 0.29) is 5.78 Å². The van der Waals surface area contributed by atoms with Gasteiger partial charge in [0.1, 0.15) is 5.78 Å². The topological polar surface area (TPSA) is 43.4 Å². The van der Waals surface area contributed by atoms with E-state index < -0.39 is 11.4 Å². The number of allylic oxidation sites excluding steroid dienone is 1. The molecule has 0 unspecified atom stereocenters. The largest absolute Gasteiger partial charge is 0.463 e. The van der Waals surface area contributed by atoms with Crippen LogP contribution in [-0.2, 0) is 14.3 Å². The van der Waals surface area contributed by atoms with Gasteiger partial charge in [0.2, 0.25) is 0 Å². The molecule has 92 valence electrons. The van der Waals surface area contributed by atoms with Gasteiger partial charge < -0.3 is 4.74 Å². The molecule has 0 aromatic rings. The Kier molecular flexibility index (Phi) is 4.96. The average molecular weight is 234 g/mol. The first-order valence-corrected chi connectivity index (χ1v) is 5.97. The third-order valence-electron chi connectivity index (χ3n) is 3.07. The summed E-state index contributed by atoms with van der Waals surface area (Å²) in [6, 6.07) is 0. The number of ketones is 1. The molecule has 3 nitrogen and oxygen atoms in total. The van der Waals surface area contributed by atoms with Crippen LogP contribution in [0, 0.1) is 17.8 Å². The van der Waals surface area contributed by atoms with Gasteiger partial charge in [-0.3, -0.25) is 4.79 Å². The Bertz CT molecular complexity index is 362. The van der Waals surface area contributed by atoms with Gasteiger partial charge in [0, 0.05) is 18.9 Å². The van der Waals surface area contributed by atoms with Crippen molar-refractivity contribution in [1.29, 1.82) is 0 Å². The number of terminal acetylenes is 1. The van der Waals surface area contributed by atoms with E-state index in [0.717, 1.165) is 19.3 Å². The smallest absolute Gasteiger partial charge is 0.330 e. The van der Waals surface area contributed by atoms with Gasteiger partial charge in [-0.2, -0.15) is 0 Å². The van der Waals surface area contributed by atoms with Gasteiger partial charge in [-0.25, -0.2) is 4.79 Å². The molecule has 1 fully saturated rings. The Labute approximate surface area is 102 Å². The summed E-state index contributed by atoms with van der Waals surface area (Å²) in [5.74, 6) is 2.27. The molecule has 0 spiro atoms. The van der Waals surface area contributed by atoms with E-state index in [0.29, 0.717) is 19.4 Å². The van der Waals surface area contributed by atoms with E-state index in [4.69, 9.17) is 11.2 Å². The molecule has 1 atom stereocenters. The Morgan fingerprint density at radius 2 is 2.35 bits per heavy atom. The van der Waals surface area contributed by atoms with Gasteiger partial charge >= 0.3 is 5.97 Å². The lowest BCUT2D eigenvalue weighted by Crippen LogP contribution is -2.32. The number of hydrogen-bond donors (Lipinski definition) is 0. The minimum absolute atomic E-state index is 0.141. The van der Waals surface area contributed by atoms with Crippen molar-refractivity contribution in [3.63, 3.8) is 0 Å². The zero-order chi connectivity index (χ0) is 12.7. The fraction of sp³-hybridized carbons (Fsp3) is 0.571. The number of carbonyl (C=O) groups is 2. The monoisotopic (exact) mass is 234 g/mol. The van der Waals surface area contributed by atoms with Crippen LogP contribution in [-0.4, -0.2) is 18.4 Å². The molecule has 0 amide bonds. The third kappa shape index (κ3) is 3.45. The standard InChI is InChI=1S/C14H18O3/c1-3-9-14(10-6-5-7-12(14)15)11-8-13(16)17-4-2/h1,8,11H,4-7,9-10H2,2H3/b11-8+/t14-/m1/s1. The molecule has 0 aromatic carbocycles. The van der Waals surface area contributed by atoms with E-state index >= 15 is 0 Å². The van der Waals surface area contributed by atoms with Crippen LogP contribution in [0.15, 0.2) is 12.2 Å². The SMILES string of the molecule is C#CC[C@]1(/C=C/C(=O)OCC)CCCCC1=O. The number of hydrogen-bond acceptors (Lipinski definition) is 3. The summed E-state index contributed by atoms with van der Waals surface area (Å²) in [7, 11) is 0. The Morgan fingerprint density at radius 3 is 2.94 bits per heavy atom. The normalized spacial score (nSPS) is 24.6. The second-order valence-corrected chi connectivity index (χ2v) is 4.25. The van der Waals surface area contributed by atoms with Crippen LogP contribution < -0.4 is 0 Å². The van der Waals surface area contributed by atoms with Gasteiger partial charge in [0.05, 0.1) is 12.0 Å². The molecular formula is C14H18O3. The number of ether oxygens (including phenoxy) is 1. The summed E-state index contributed by atoms with van der Waals surface area (Å²) in [5, 5.41) is 0. The summed E-state index contributed by atoms with van der Waals surface area (Å²) in [6.07, 6.45) is 11.8. The summed E-state index contributed by atoms with van der Waals surface area (Å²) in [4.78, 5) is 23.2. The molecule has 0 radical (unpaired) electrons. The van der Waals surface area contributed by atoms with Crippen LogP contribution in [0.5, 0.6) is 0 Å². The van der Waals surface area contributed by atoms with Crippen LogP contribution in [0.2, 0.25) is 0 Å². The molecule has 0 aromatic heterocycles. The van der Waals surface area contributed by atoms with Crippen molar-refractivity contribution in [1.82, 2.24) is 0 Å². The van der Waals surface area contributed by atoms with Crippen molar-refractivity contribution in [2.45, 2.75) is 39.0 Å². The average Bonchev–Trinajstić information content (AvgIpc) is 2.31. The molecule has 0 heterocycles. The fourth-order valence-electron chi connectivity index (χ4n) is 2.14. The van der Waals surface area contributed by atoms with Crippen molar-refractivity contribution in [3.8, 4) is 12.3 Å². The predicted octanol–water partition coefficient (Wildman–Crippen LogP) is 2.26. The predicted molar refractivity (Wildman–Crippen MR) is 65.1 cm³/mol. The molecule has 3 heteroatoms. The molecule has 0 bridgehead atoms. The van der Waals surface area contributed by atoms with Gasteiger partial charge in [-0.05, 0) is 19.8 Å². The molecule has 1 aliphatic carbocycles. The van der Waals surface area contributed by atoms with E-state index in [1.807, 2.05) is 0 Å².